The Morgan fingerprint density at radius 3 is 2.56 bits per heavy atom. The molecule has 0 atom stereocenters. The predicted octanol–water partition coefficient (Wildman–Crippen LogP) is 4.93. The van der Waals surface area contributed by atoms with Gasteiger partial charge in [-0.3, -0.25) is 0 Å². The van der Waals surface area contributed by atoms with Crippen molar-refractivity contribution in [1.82, 2.24) is 14.5 Å². The normalized spacial score (nSPS) is 10.7. The van der Waals surface area contributed by atoms with Crippen LogP contribution in [0.3, 0.4) is 0 Å². The van der Waals surface area contributed by atoms with Crippen LogP contribution in [0, 0.1) is 0 Å². The molecular weight excluding hydrogens is 362 g/mol. The van der Waals surface area contributed by atoms with E-state index in [2.05, 4.69) is 20.6 Å². The Hall–Kier alpha value is -3.38. The van der Waals surface area contributed by atoms with Gasteiger partial charge in [-0.25, -0.2) is 14.8 Å². The molecule has 0 fully saturated rings. The molecule has 4 rings (SSSR count). The molecule has 2 aromatic carbocycles. The number of para-hydroxylation sites is 1. The quantitative estimate of drug-likeness (QED) is 0.531. The second-order valence-corrected chi connectivity index (χ2v) is 6.43. The summed E-state index contributed by atoms with van der Waals surface area (Å²) in [6.45, 7) is 0. The van der Waals surface area contributed by atoms with Gasteiger partial charge in [0.1, 0.15) is 6.33 Å². The first-order valence-corrected chi connectivity index (χ1v) is 8.68. The standard InChI is InChI=1S/C20H16ClN5O/c1-26-11-10-17-19(26)18(23-12-22-17)13-6-8-14(9-7-13)24-20(27)25-16-5-3-2-4-15(16)21/h2-12H,1H3,(H2,24,25,27). The van der Waals surface area contributed by atoms with Crippen molar-refractivity contribution in [2.45, 2.75) is 0 Å². The fourth-order valence-corrected chi connectivity index (χ4v) is 3.07. The maximum absolute atomic E-state index is 12.2. The van der Waals surface area contributed by atoms with Crippen LogP contribution in [-0.4, -0.2) is 20.6 Å². The molecule has 0 aliphatic carbocycles. The van der Waals surface area contributed by atoms with Crippen molar-refractivity contribution in [3.05, 3.63) is 72.1 Å². The number of aromatic nitrogens is 3. The van der Waals surface area contributed by atoms with Gasteiger partial charge < -0.3 is 15.2 Å². The highest BCUT2D eigenvalue weighted by Gasteiger charge is 2.10. The maximum atomic E-state index is 12.2. The zero-order valence-corrected chi connectivity index (χ0v) is 15.2. The molecule has 0 unspecified atom stereocenters. The molecule has 2 aromatic heterocycles. The SMILES string of the molecule is Cn1ccc2ncnc(-c3ccc(NC(=O)Nc4ccccc4Cl)cc3)c21. The number of carbonyl (C=O) groups excluding carboxylic acids is 1. The number of anilines is 2. The van der Waals surface area contributed by atoms with Crippen LogP contribution in [0.4, 0.5) is 16.2 Å². The lowest BCUT2D eigenvalue weighted by atomic mass is 10.1. The minimum absolute atomic E-state index is 0.359. The van der Waals surface area contributed by atoms with Crippen LogP contribution in [0.1, 0.15) is 0 Å². The summed E-state index contributed by atoms with van der Waals surface area (Å²) in [4.78, 5) is 20.9. The third-order valence-corrected chi connectivity index (χ3v) is 4.53. The van der Waals surface area contributed by atoms with Gasteiger partial charge in [-0.1, -0.05) is 35.9 Å². The lowest BCUT2D eigenvalue weighted by Gasteiger charge is -2.10. The smallest absolute Gasteiger partial charge is 0.323 e. The molecule has 0 spiro atoms. The van der Waals surface area contributed by atoms with Crippen LogP contribution in [0.25, 0.3) is 22.3 Å². The molecular formula is C20H16ClN5O. The van der Waals surface area contributed by atoms with E-state index in [0.717, 1.165) is 22.3 Å². The number of hydrogen-bond donors (Lipinski definition) is 2. The zero-order chi connectivity index (χ0) is 18.8. The number of hydrogen-bond acceptors (Lipinski definition) is 3. The number of nitrogens with one attached hydrogen (secondary N) is 2. The highest BCUT2D eigenvalue weighted by molar-refractivity contribution is 6.33. The summed E-state index contributed by atoms with van der Waals surface area (Å²) < 4.78 is 1.99. The van der Waals surface area contributed by atoms with Gasteiger partial charge in [0.25, 0.3) is 0 Å². The van der Waals surface area contributed by atoms with E-state index in [-0.39, 0.29) is 6.03 Å². The number of rotatable bonds is 3. The lowest BCUT2D eigenvalue weighted by Crippen LogP contribution is -2.19. The average Bonchev–Trinajstić information content (AvgIpc) is 3.06. The van der Waals surface area contributed by atoms with Crippen LogP contribution < -0.4 is 10.6 Å². The van der Waals surface area contributed by atoms with Gasteiger partial charge >= 0.3 is 6.03 Å². The number of nitrogens with zero attached hydrogens (tertiary/aromatic N) is 3. The molecule has 134 valence electrons. The fraction of sp³-hybridized carbons (Fsp3) is 0.0500. The molecule has 2 N–H and O–H groups in total. The van der Waals surface area contributed by atoms with Crippen molar-refractivity contribution < 1.29 is 4.79 Å². The molecule has 27 heavy (non-hydrogen) atoms. The molecule has 4 aromatic rings. The van der Waals surface area contributed by atoms with Crippen LogP contribution in [0.2, 0.25) is 5.02 Å². The van der Waals surface area contributed by atoms with Crippen molar-refractivity contribution in [1.29, 1.82) is 0 Å². The van der Waals surface area contributed by atoms with Crippen molar-refractivity contribution in [3.8, 4) is 11.3 Å². The Morgan fingerprint density at radius 1 is 1.00 bits per heavy atom. The van der Waals surface area contributed by atoms with Gasteiger partial charge in [-0.15, -0.1) is 0 Å². The lowest BCUT2D eigenvalue weighted by molar-refractivity contribution is 0.262. The monoisotopic (exact) mass is 377 g/mol. The van der Waals surface area contributed by atoms with Crippen LogP contribution in [0.5, 0.6) is 0 Å². The Balaban J connectivity index is 1.53. The van der Waals surface area contributed by atoms with Crippen molar-refractivity contribution in [2.75, 3.05) is 10.6 Å². The van der Waals surface area contributed by atoms with E-state index >= 15 is 0 Å². The Labute approximate surface area is 160 Å². The Kier molecular flexibility index (Phi) is 4.48. The van der Waals surface area contributed by atoms with Gasteiger partial charge in [0, 0.05) is 24.5 Å². The van der Waals surface area contributed by atoms with E-state index in [1.807, 2.05) is 54.2 Å². The van der Waals surface area contributed by atoms with Crippen LogP contribution in [-0.2, 0) is 7.05 Å². The van der Waals surface area contributed by atoms with Gasteiger partial charge in [-0.2, -0.15) is 0 Å². The van der Waals surface area contributed by atoms with Crippen LogP contribution in [0.15, 0.2) is 67.1 Å². The summed E-state index contributed by atoms with van der Waals surface area (Å²) in [5.41, 5.74) is 4.88. The van der Waals surface area contributed by atoms with Gasteiger partial charge in [0.05, 0.1) is 27.4 Å². The summed E-state index contributed by atoms with van der Waals surface area (Å²) >= 11 is 6.05. The van der Waals surface area contributed by atoms with E-state index in [4.69, 9.17) is 11.6 Å². The highest BCUT2D eigenvalue weighted by Crippen LogP contribution is 2.27. The topological polar surface area (TPSA) is 71.8 Å². The van der Waals surface area contributed by atoms with Crippen molar-refractivity contribution >= 4 is 40.0 Å². The van der Waals surface area contributed by atoms with Gasteiger partial charge in [-0.05, 0) is 30.3 Å². The molecule has 6 nitrogen and oxygen atoms in total. The average molecular weight is 378 g/mol. The number of halogens is 1. The molecule has 2 heterocycles. The summed E-state index contributed by atoms with van der Waals surface area (Å²) in [5, 5.41) is 6.00. The molecule has 7 heteroatoms. The third-order valence-electron chi connectivity index (χ3n) is 4.20. The second kappa shape index (κ2) is 7.09. The van der Waals surface area contributed by atoms with Crippen molar-refractivity contribution in [3.63, 3.8) is 0 Å². The number of carbonyl (C=O) groups is 1. The highest BCUT2D eigenvalue weighted by atomic mass is 35.5. The van der Waals surface area contributed by atoms with Gasteiger partial charge in [0.15, 0.2) is 0 Å². The number of urea groups is 1. The zero-order valence-electron chi connectivity index (χ0n) is 14.5. The minimum atomic E-state index is -0.359. The number of benzene rings is 2. The second-order valence-electron chi connectivity index (χ2n) is 6.02. The van der Waals surface area contributed by atoms with E-state index in [0.29, 0.717) is 16.4 Å². The first kappa shape index (κ1) is 17.1. The van der Waals surface area contributed by atoms with Crippen LogP contribution >= 0.6 is 11.6 Å². The van der Waals surface area contributed by atoms with Gasteiger partial charge in [0.2, 0.25) is 0 Å². The molecule has 0 aliphatic heterocycles. The first-order chi connectivity index (χ1) is 13.1. The molecule has 2 amide bonds. The van der Waals surface area contributed by atoms with E-state index in [1.165, 1.54) is 0 Å². The molecule has 0 bridgehead atoms. The first-order valence-electron chi connectivity index (χ1n) is 8.31. The summed E-state index contributed by atoms with van der Waals surface area (Å²) in [6.07, 6.45) is 3.51. The molecule has 0 radical (unpaired) electrons. The fourth-order valence-electron chi connectivity index (χ4n) is 2.89. The summed E-state index contributed by atoms with van der Waals surface area (Å²) in [5.74, 6) is 0. The Morgan fingerprint density at radius 2 is 1.78 bits per heavy atom. The van der Waals surface area contributed by atoms with E-state index < -0.39 is 0 Å². The minimum Gasteiger partial charge on any atom is -0.347 e. The molecule has 0 saturated heterocycles. The van der Waals surface area contributed by atoms with Crippen molar-refractivity contribution in [2.24, 2.45) is 7.05 Å². The maximum Gasteiger partial charge on any atom is 0.323 e. The van der Waals surface area contributed by atoms with E-state index in [1.54, 1.807) is 24.5 Å². The Bertz CT molecular complexity index is 1120. The largest absolute Gasteiger partial charge is 0.347 e. The summed E-state index contributed by atoms with van der Waals surface area (Å²) in [6, 6.07) is 16.2. The number of fused-ring (bicyclic) bond motifs is 1. The molecule has 0 aliphatic rings. The number of amides is 2. The predicted molar refractivity (Wildman–Crippen MR) is 108 cm³/mol. The third kappa shape index (κ3) is 3.47. The number of aryl methyl sites for hydroxylation is 1. The summed E-state index contributed by atoms with van der Waals surface area (Å²) in [7, 11) is 1.96. The molecule has 0 saturated carbocycles. The van der Waals surface area contributed by atoms with E-state index in [9.17, 15) is 4.79 Å².